The third-order valence-corrected chi connectivity index (χ3v) is 6.88. The monoisotopic (exact) mass is 433 g/mol. The lowest BCUT2D eigenvalue weighted by Gasteiger charge is -2.32. The van der Waals surface area contributed by atoms with Crippen molar-refractivity contribution in [3.05, 3.63) is 75.1 Å². The number of anilines is 1. The van der Waals surface area contributed by atoms with Crippen molar-refractivity contribution in [1.29, 1.82) is 0 Å². The van der Waals surface area contributed by atoms with Crippen molar-refractivity contribution < 1.29 is 0 Å². The summed E-state index contributed by atoms with van der Waals surface area (Å²) in [6, 6.07) is 14.9. The maximum absolute atomic E-state index is 12.9. The quantitative estimate of drug-likeness (QED) is 0.496. The van der Waals surface area contributed by atoms with E-state index in [4.69, 9.17) is 12.2 Å². The lowest BCUT2D eigenvalue weighted by Crippen LogP contribution is -2.42. The first-order chi connectivity index (χ1) is 15.0. The van der Waals surface area contributed by atoms with Crippen LogP contribution in [-0.4, -0.2) is 21.0 Å². The van der Waals surface area contributed by atoms with E-state index in [0.717, 1.165) is 41.4 Å². The lowest BCUT2D eigenvalue weighted by atomic mass is 10.0. The van der Waals surface area contributed by atoms with Crippen molar-refractivity contribution in [1.82, 2.24) is 9.88 Å². The summed E-state index contributed by atoms with van der Waals surface area (Å²) >= 11 is 5.88. The Morgan fingerprint density at radius 3 is 2.55 bits per heavy atom. The van der Waals surface area contributed by atoms with Gasteiger partial charge in [0.1, 0.15) is 0 Å². The van der Waals surface area contributed by atoms with Gasteiger partial charge in [-0.15, -0.1) is 0 Å². The molecule has 3 aromatic rings. The molecule has 1 aliphatic carbocycles. The molecule has 1 saturated carbocycles. The average Bonchev–Trinajstić information content (AvgIpc) is 3.28. The summed E-state index contributed by atoms with van der Waals surface area (Å²) < 4.78 is 0. The molecule has 0 radical (unpaired) electrons. The number of nitrogens with zero attached hydrogens (tertiary/aromatic N) is 1. The van der Waals surface area contributed by atoms with Crippen LogP contribution < -0.4 is 10.9 Å². The number of hydrogen-bond donors (Lipinski definition) is 2. The van der Waals surface area contributed by atoms with E-state index in [9.17, 15) is 4.79 Å². The largest absolute Gasteiger partial charge is 0.342 e. The van der Waals surface area contributed by atoms with Gasteiger partial charge in [-0.25, -0.2) is 0 Å². The number of nitrogens with one attached hydrogen (secondary N) is 2. The van der Waals surface area contributed by atoms with E-state index in [-0.39, 0.29) is 5.56 Å². The number of aromatic amines is 1. The van der Waals surface area contributed by atoms with E-state index < -0.39 is 0 Å². The Labute approximate surface area is 189 Å². The molecule has 1 aliphatic rings. The highest BCUT2D eigenvalue weighted by Gasteiger charge is 2.26. The summed E-state index contributed by atoms with van der Waals surface area (Å²) in [5.41, 5.74) is 6.32. The number of benzene rings is 2. The highest BCUT2D eigenvalue weighted by atomic mass is 32.1. The zero-order valence-corrected chi connectivity index (χ0v) is 19.4. The molecule has 0 spiro atoms. The van der Waals surface area contributed by atoms with Crippen molar-refractivity contribution in [2.75, 3.05) is 5.32 Å². The number of aryl methyl sites for hydroxylation is 3. The van der Waals surface area contributed by atoms with Crippen LogP contribution in [0, 0.1) is 13.8 Å². The van der Waals surface area contributed by atoms with Gasteiger partial charge in [-0.3, -0.25) is 4.79 Å². The second-order valence-corrected chi connectivity index (χ2v) is 9.04. The number of H-pyrrole nitrogens is 1. The summed E-state index contributed by atoms with van der Waals surface area (Å²) in [5.74, 6) is 0. The standard InChI is InChI=1S/C26H31N3OS/c1-4-19-9-5-8-12-23(19)28-26(31)29(22-10-6-7-11-22)16-21-15-20-13-17(2)18(3)14-24(20)27-25(21)30/h5,8-9,12-15,22H,4,6-7,10-11,16H2,1-3H3,(H,27,30)(H,28,31). The van der Waals surface area contributed by atoms with E-state index in [1.165, 1.54) is 29.5 Å². The fourth-order valence-electron chi connectivity index (χ4n) is 4.54. The predicted octanol–water partition coefficient (Wildman–Crippen LogP) is 5.85. The lowest BCUT2D eigenvalue weighted by molar-refractivity contribution is 0.311. The highest BCUT2D eigenvalue weighted by molar-refractivity contribution is 7.80. The SMILES string of the molecule is CCc1ccccc1NC(=S)N(Cc1cc2cc(C)c(C)cc2[nH]c1=O)C1CCCC1. The minimum Gasteiger partial charge on any atom is -0.342 e. The van der Waals surface area contributed by atoms with Gasteiger partial charge in [-0.2, -0.15) is 0 Å². The summed E-state index contributed by atoms with van der Waals surface area (Å²) in [4.78, 5) is 18.2. The second-order valence-electron chi connectivity index (χ2n) is 8.65. The number of thiocarbonyl (C=S) groups is 1. The van der Waals surface area contributed by atoms with Crippen molar-refractivity contribution >= 4 is 33.9 Å². The Morgan fingerprint density at radius 1 is 1.10 bits per heavy atom. The van der Waals surface area contributed by atoms with E-state index in [1.54, 1.807) is 0 Å². The van der Waals surface area contributed by atoms with Gasteiger partial charge in [0.15, 0.2) is 5.11 Å². The van der Waals surface area contributed by atoms with Crippen LogP contribution in [0.3, 0.4) is 0 Å². The third kappa shape index (κ3) is 4.67. The summed E-state index contributed by atoms with van der Waals surface area (Å²) in [5, 5.41) is 5.25. The van der Waals surface area contributed by atoms with Gasteiger partial charge in [-0.05, 0) is 91.7 Å². The predicted molar refractivity (Wildman–Crippen MR) is 134 cm³/mol. The van der Waals surface area contributed by atoms with Gasteiger partial charge in [0, 0.05) is 22.8 Å². The number of hydrogen-bond acceptors (Lipinski definition) is 2. The number of aromatic nitrogens is 1. The van der Waals surface area contributed by atoms with Crippen LogP contribution in [0.15, 0.2) is 47.3 Å². The van der Waals surface area contributed by atoms with Crippen LogP contribution >= 0.6 is 12.2 Å². The number of pyridine rings is 1. The molecule has 2 aromatic carbocycles. The first kappa shape index (κ1) is 21.6. The third-order valence-electron chi connectivity index (χ3n) is 6.54. The Balaban J connectivity index is 1.65. The first-order valence-electron chi connectivity index (χ1n) is 11.2. The second kappa shape index (κ2) is 9.23. The molecule has 1 heterocycles. The molecular weight excluding hydrogens is 402 g/mol. The highest BCUT2D eigenvalue weighted by Crippen LogP contribution is 2.27. The Bertz CT molecular complexity index is 1160. The van der Waals surface area contributed by atoms with E-state index in [1.807, 2.05) is 12.1 Å². The van der Waals surface area contributed by atoms with Gasteiger partial charge in [0.25, 0.3) is 5.56 Å². The minimum absolute atomic E-state index is 0.0319. The average molecular weight is 434 g/mol. The van der Waals surface area contributed by atoms with Crippen molar-refractivity contribution in [2.45, 2.75) is 65.5 Å². The molecule has 1 fully saturated rings. The summed E-state index contributed by atoms with van der Waals surface area (Å²) in [6.45, 7) is 6.84. The molecule has 162 valence electrons. The van der Waals surface area contributed by atoms with Gasteiger partial charge in [-0.1, -0.05) is 38.0 Å². The van der Waals surface area contributed by atoms with Gasteiger partial charge < -0.3 is 15.2 Å². The summed E-state index contributed by atoms with van der Waals surface area (Å²) in [6.07, 6.45) is 5.59. The van der Waals surface area contributed by atoms with Crippen molar-refractivity contribution in [2.24, 2.45) is 0 Å². The first-order valence-corrected chi connectivity index (χ1v) is 11.7. The molecular formula is C26H31N3OS. The molecule has 31 heavy (non-hydrogen) atoms. The van der Waals surface area contributed by atoms with Gasteiger partial charge >= 0.3 is 0 Å². The molecule has 0 amide bonds. The smallest absolute Gasteiger partial charge is 0.253 e. The van der Waals surface area contributed by atoms with Crippen LogP contribution in [0.25, 0.3) is 10.9 Å². The number of rotatable bonds is 5. The van der Waals surface area contributed by atoms with Crippen molar-refractivity contribution in [3.63, 3.8) is 0 Å². The molecule has 0 saturated heterocycles. The Hall–Kier alpha value is -2.66. The Kier molecular flexibility index (Phi) is 6.42. The number of fused-ring (bicyclic) bond motifs is 1. The minimum atomic E-state index is -0.0319. The molecule has 0 aliphatic heterocycles. The molecule has 0 atom stereocenters. The van der Waals surface area contributed by atoms with Gasteiger partial charge in [0.05, 0.1) is 6.54 Å². The van der Waals surface area contributed by atoms with E-state index in [2.05, 4.69) is 66.3 Å². The molecule has 0 bridgehead atoms. The van der Waals surface area contributed by atoms with Crippen LogP contribution in [0.5, 0.6) is 0 Å². The zero-order chi connectivity index (χ0) is 22.0. The van der Waals surface area contributed by atoms with Crippen LogP contribution in [-0.2, 0) is 13.0 Å². The van der Waals surface area contributed by atoms with Crippen molar-refractivity contribution in [3.8, 4) is 0 Å². The topological polar surface area (TPSA) is 48.1 Å². The van der Waals surface area contributed by atoms with Crippen LogP contribution in [0.4, 0.5) is 5.69 Å². The van der Waals surface area contributed by atoms with Crippen LogP contribution in [0.2, 0.25) is 0 Å². The normalized spacial score (nSPS) is 14.2. The molecule has 2 N–H and O–H groups in total. The molecule has 0 unspecified atom stereocenters. The van der Waals surface area contributed by atoms with E-state index in [0.29, 0.717) is 17.7 Å². The summed E-state index contributed by atoms with van der Waals surface area (Å²) in [7, 11) is 0. The molecule has 5 heteroatoms. The zero-order valence-electron chi connectivity index (χ0n) is 18.6. The molecule has 1 aromatic heterocycles. The van der Waals surface area contributed by atoms with E-state index >= 15 is 0 Å². The fourth-order valence-corrected chi connectivity index (χ4v) is 4.87. The maximum Gasteiger partial charge on any atom is 0.253 e. The molecule has 4 rings (SSSR count). The molecule has 4 nitrogen and oxygen atoms in total. The fraction of sp³-hybridized carbons (Fsp3) is 0.385. The maximum atomic E-state index is 12.9. The Morgan fingerprint density at radius 2 is 1.81 bits per heavy atom. The van der Waals surface area contributed by atoms with Crippen LogP contribution in [0.1, 0.15) is 54.9 Å². The van der Waals surface area contributed by atoms with Gasteiger partial charge in [0.2, 0.25) is 0 Å². The number of para-hydroxylation sites is 1.